The Kier molecular flexibility index (Phi) is 3.74. The van der Waals surface area contributed by atoms with Gasteiger partial charge in [-0.3, -0.25) is 9.78 Å². The van der Waals surface area contributed by atoms with E-state index in [1.165, 1.54) is 0 Å². The highest BCUT2D eigenvalue weighted by Gasteiger charge is 2.14. The Balaban J connectivity index is 1.81. The molecule has 1 aliphatic rings. The van der Waals surface area contributed by atoms with E-state index in [2.05, 4.69) is 4.98 Å². The van der Waals surface area contributed by atoms with Crippen LogP contribution in [0.3, 0.4) is 0 Å². The number of rotatable bonds is 2. The van der Waals surface area contributed by atoms with Crippen molar-refractivity contribution in [3.8, 4) is 0 Å². The smallest absolute Gasteiger partial charge is 0.246 e. The molecule has 4 heteroatoms. The number of aromatic nitrogens is 1. The number of amides is 1. The van der Waals surface area contributed by atoms with Crippen molar-refractivity contribution in [1.29, 1.82) is 0 Å². The molecule has 1 aromatic heterocycles. The quantitative estimate of drug-likeness (QED) is 0.783. The van der Waals surface area contributed by atoms with Crippen LogP contribution < -0.4 is 0 Å². The lowest BCUT2D eigenvalue weighted by Crippen LogP contribution is -2.39. The largest absolute Gasteiger partial charge is 0.378 e. The van der Waals surface area contributed by atoms with Crippen LogP contribution in [0.1, 0.15) is 5.56 Å². The van der Waals surface area contributed by atoms with Crippen LogP contribution in [0.15, 0.2) is 42.6 Å². The minimum Gasteiger partial charge on any atom is -0.378 e. The number of para-hydroxylation sites is 1. The summed E-state index contributed by atoms with van der Waals surface area (Å²) in [6, 6.07) is 9.89. The van der Waals surface area contributed by atoms with E-state index >= 15 is 0 Å². The fraction of sp³-hybridized carbons (Fsp3) is 0.250. The van der Waals surface area contributed by atoms with Gasteiger partial charge in [0.1, 0.15) is 0 Å². The van der Waals surface area contributed by atoms with Gasteiger partial charge in [0.2, 0.25) is 5.91 Å². The molecule has 0 aliphatic carbocycles. The molecule has 3 rings (SSSR count). The number of hydrogen-bond donors (Lipinski definition) is 0. The monoisotopic (exact) mass is 268 g/mol. The van der Waals surface area contributed by atoms with E-state index in [-0.39, 0.29) is 5.91 Å². The van der Waals surface area contributed by atoms with E-state index in [1.807, 2.05) is 36.4 Å². The molecule has 0 atom stereocenters. The zero-order chi connectivity index (χ0) is 13.8. The van der Waals surface area contributed by atoms with E-state index in [0.717, 1.165) is 16.5 Å². The second kappa shape index (κ2) is 5.84. The number of nitrogens with zero attached hydrogens (tertiary/aromatic N) is 2. The van der Waals surface area contributed by atoms with Gasteiger partial charge in [0, 0.05) is 36.3 Å². The predicted octanol–water partition coefficient (Wildman–Crippen LogP) is 2.11. The Bertz CT molecular complexity index is 640. The summed E-state index contributed by atoms with van der Waals surface area (Å²) >= 11 is 0. The summed E-state index contributed by atoms with van der Waals surface area (Å²) in [6.45, 7) is 2.57. The van der Waals surface area contributed by atoms with Gasteiger partial charge in [0.15, 0.2) is 0 Å². The number of hydrogen-bond acceptors (Lipinski definition) is 3. The molecule has 1 saturated heterocycles. The first-order valence-electron chi connectivity index (χ1n) is 6.73. The molecule has 2 heterocycles. The van der Waals surface area contributed by atoms with Gasteiger partial charge in [-0.1, -0.05) is 24.3 Å². The molecule has 0 N–H and O–H groups in total. The highest BCUT2D eigenvalue weighted by atomic mass is 16.5. The maximum Gasteiger partial charge on any atom is 0.246 e. The molecule has 102 valence electrons. The van der Waals surface area contributed by atoms with Crippen molar-refractivity contribution >= 4 is 22.9 Å². The van der Waals surface area contributed by atoms with Crippen LogP contribution in [0.5, 0.6) is 0 Å². The molecular formula is C16H16N2O2. The van der Waals surface area contributed by atoms with Crippen molar-refractivity contribution < 1.29 is 9.53 Å². The van der Waals surface area contributed by atoms with Crippen LogP contribution in [-0.2, 0) is 9.53 Å². The van der Waals surface area contributed by atoms with Gasteiger partial charge < -0.3 is 9.64 Å². The second-order valence-electron chi connectivity index (χ2n) is 4.69. The number of benzene rings is 1. The average Bonchev–Trinajstić information content (AvgIpc) is 2.53. The van der Waals surface area contributed by atoms with Crippen molar-refractivity contribution in [2.75, 3.05) is 26.3 Å². The van der Waals surface area contributed by atoms with Crippen molar-refractivity contribution in [2.24, 2.45) is 0 Å². The first-order valence-corrected chi connectivity index (χ1v) is 6.73. The number of morpholine rings is 1. The summed E-state index contributed by atoms with van der Waals surface area (Å²) in [5.74, 6) is 0.0289. The highest BCUT2D eigenvalue weighted by Crippen LogP contribution is 2.17. The molecule has 1 aliphatic heterocycles. The topological polar surface area (TPSA) is 42.4 Å². The minimum absolute atomic E-state index is 0.0289. The van der Waals surface area contributed by atoms with Crippen molar-refractivity contribution in [3.05, 3.63) is 48.2 Å². The van der Waals surface area contributed by atoms with Crippen molar-refractivity contribution in [1.82, 2.24) is 9.88 Å². The Labute approximate surface area is 117 Å². The first kappa shape index (κ1) is 12.8. The molecule has 1 amide bonds. The molecular weight excluding hydrogens is 252 g/mol. The number of pyridine rings is 1. The van der Waals surface area contributed by atoms with E-state index in [0.29, 0.717) is 26.3 Å². The van der Waals surface area contributed by atoms with Gasteiger partial charge in [0.05, 0.1) is 18.7 Å². The number of carbonyl (C=O) groups excluding carboxylic acids is 1. The Hall–Kier alpha value is -2.20. The Morgan fingerprint density at radius 2 is 2.00 bits per heavy atom. The fourth-order valence-corrected chi connectivity index (χ4v) is 2.31. The molecule has 1 fully saturated rings. The lowest BCUT2D eigenvalue weighted by atomic mass is 10.1. The van der Waals surface area contributed by atoms with Crippen molar-refractivity contribution in [2.45, 2.75) is 0 Å². The lowest BCUT2D eigenvalue weighted by Gasteiger charge is -2.25. The molecule has 0 spiro atoms. The molecule has 20 heavy (non-hydrogen) atoms. The van der Waals surface area contributed by atoms with Gasteiger partial charge >= 0.3 is 0 Å². The van der Waals surface area contributed by atoms with Crippen LogP contribution in [0.25, 0.3) is 17.0 Å². The van der Waals surface area contributed by atoms with Crippen LogP contribution in [-0.4, -0.2) is 42.1 Å². The number of carbonyl (C=O) groups is 1. The van der Waals surface area contributed by atoms with E-state index in [1.54, 1.807) is 17.2 Å². The lowest BCUT2D eigenvalue weighted by molar-refractivity contribution is -0.129. The summed E-state index contributed by atoms with van der Waals surface area (Å²) in [5.41, 5.74) is 1.88. The number of fused-ring (bicyclic) bond motifs is 1. The SMILES string of the molecule is O=C(/C=C/c1cccc2cccnc12)N1CCOCC1. The summed E-state index contributed by atoms with van der Waals surface area (Å²) in [6.07, 6.45) is 5.23. The Morgan fingerprint density at radius 1 is 1.20 bits per heavy atom. The standard InChI is InChI=1S/C16H16N2O2/c19-15(18-9-11-20-12-10-18)7-6-14-4-1-3-13-5-2-8-17-16(13)14/h1-8H,9-12H2/b7-6+. The maximum absolute atomic E-state index is 12.1. The summed E-state index contributed by atoms with van der Waals surface area (Å²) in [5, 5.41) is 1.08. The third-order valence-electron chi connectivity index (χ3n) is 3.39. The fourth-order valence-electron chi connectivity index (χ4n) is 2.31. The van der Waals surface area contributed by atoms with Gasteiger partial charge in [-0.15, -0.1) is 0 Å². The predicted molar refractivity (Wildman–Crippen MR) is 78.2 cm³/mol. The zero-order valence-corrected chi connectivity index (χ0v) is 11.2. The summed E-state index contributed by atoms with van der Waals surface area (Å²) in [4.78, 5) is 18.3. The van der Waals surface area contributed by atoms with Crippen LogP contribution in [0.2, 0.25) is 0 Å². The normalized spacial score (nSPS) is 15.9. The van der Waals surface area contributed by atoms with Gasteiger partial charge in [-0.05, 0) is 12.1 Å². The summed E-state index contributed by atoms with van der Waals surface area (Å²) in [7, 11) is 0. The molecule has 0 saturated carbocycles. The Morgan fingerprint density at radius 3 is 2.85 bits per heavy atom. The summed E-state index contributed by atoms with van der Waals surface area (Å²) < 4.78 is 5.24. The van der Waals surface area contributed by atoms with Crippen LogP contribution in [0.4, 0.5) is 0 Å². The number of ether oxygens (including phenoxy) is 1. The molecule has 0 bridgehead atoms. The van der Waals surface area contributed by atoms with Gasteiger partial charge in [-0.25, -0.2) is 0 Å². The molecule has 4 nitrogen and oxygen atoms in total. The molecule has 2 aromatic rings. The third-order valence-corrected chi connectivity index (χ3v) is 3.39. The van der Waals surface area contributed by atoms with Crippen molar-refractivity contribution in [3.63, 3.8) is 0 Å². The highest BCUT2D eigenvalue weighted by molar-refractivity contribution is 5.95. The van der Waals surface area contributed by atoms with E-state index in [9.17, 15) is 4.79 Å². The van der Waals surface area contributed by atoms with Gasteiger partial charge in [0.25, 0.3) is 0 Å². The maximum atomic E-state index is 12.1. The molecule has 1 aromatic carbocycles. The molecule has 0 unspecified atom stereocenters. The second-order valence-corrected chi connectivity index (χ2v) is 4.69. The zero-order valence-electron chi connectivity index (χ0n) is 11.2. The first-order chi connectivity index (χ1) is 9.84. The molecule has 0 radical (unpaired) electrons. The van der Waals surface area contributed by atoms with Gasteiger partial charge in [-0.2, -0.15) is 0 Å². The van der Waals surface area contributed by atoms with E-state index < -0.39 is 0 Å². The minimum atomic E-state index is 0.0289. The average molecular weight is 268 g/mol. The third kappa shape index (κ3) is 2.70. The van der Waals surface area contributed by atoms with E-state index in [4.69, 9.17) is 4.74 Å². The van der Waals surface area contributed by atoms with Crippen LogP contribution in [0, 0.1) is 0 Å². The van der Waals surface area contributed by atoms with Crippen LogP contribution >= 0.6 is 0 Å².